The highest BCUT2D eigenvalue weighted by Gasteiger charge is 2.23. The molecule has 1 aliphatic rings. The second-order valence-corrected chi connectivity index (χ2v) is 3.70. The monoisotopic (exact) mass is 205 g/mol. The van der Waals surface area contributed by atoms with Gasteiger partial charge in [-0.1, -0.05) is 0 Å². The van der Waals surface area contributed by atoms with E-state index in [-0.39, 0.29) is 5.82 Å². The Hall–Kier alpha value is -1.60. The van der Waals surface area contributed by atoms with Crippen LogP contribution in [0.2, 0.25) is 0 Å². The fourth-order valence-corrected chi connectivity index (χ4v) is 1.65. The van der Waals surface area contributed by atoms with Gasteiger partial charge in [-0.2, -0.15) is 5.26 Å². The smallest absolute Gasteiger partial charge is 0.124 e. The van der Waals surface area contributed by atoms with Gasteiger partial charge in [-0.05, 0) is 18.2 Å². The molecular formula is C11H12FN3. The lowest BCUT2D eigenvalue weighted by atomic mass is 10.1. The van der Waals surface area contributed by atoms with Gasteiger partial charge in [-0.25, -0.2) is 4.39 Å². The summed E-state index contributed by atoms with van der Waals surface area (Å²) in [6.07, 6.45) is 0. The van der Waals surface area contributed by atoms with Crippen molar-refractivity contribution in [2.45, 2.75) is 6.04 Å². The predicted molar refractivity (Wildman–Crippen MR) is 56.2 cm³/mol. The SMILES string of the molecule is CN(c1ccc(F)cc1C#N)C1CNC1. The number of likely N-dealkylation sites (N-methyl/N-ethyl adjacent to an activating group) is 1. The third-order valence-corrected chi connectivity index (χ3v) is 2.77. The van der Waals surface area contributed by atoms with E-state index in [0.29, 0.717) is 11.6 Å². The highest BCUT2D eigenvalue weighted by Crippen LogP contribution is 2.22. The molecular weight excluding hydrogens is 193 g/mol. The van der Waals surface area contributed by atoms with Gasteiger partial charge in [0.05, 0.1) is 17.3 Å². The van der Waals surface area contributed by atoms with E-state index >= 15 is 0 Å². The molecule has 0 spiro atoms. The fraction of sp³-hybridized carbons (Fsp3) is 0.364. The molecule has 0 saturated carbocycles. The van der Waals surface area contributed by atoms with E-state index in [9.17, 15) is 4.39 Å². The van der Waals surface area contributed by atoms with E-state index in [1.54, 1.807) is 6.07 Å². The number of benzene rings is 1. The quantitative estimate of drug-likeness (QED) is 0.786. The van der Waals surface area contributed by atoms with Crippen molar-refractivity contribution >= 4 is 5.69 Å². The van der Waals surface area contributed by atoms with Crippen molar-refractivity contribution in [2.24, 2.45) is 0 Å². The zero-order valence-corrected chi connectivity index (χ0v) is 8.50. The Balaban J connectivity index is 2.30. The lowest BCUT2D eigenvalue weighted by molar-refractivity contribution is 0.428. The summed E-state index contributed by atoms with van der Waals surface area (Å²) in [7, 11) is 1.93. The van der Waals surface area contributed by atoms with E-state index in [0.717, 1.165) is 18.8 Å². The first-order valence-corrected chi connectivity index (χ1v) is 4.85. The van der Waals surface area contributed by atoms with Crippen LogP contribution in [0.3, 0.4) is 0 Å². The third kappa shape index (κ3) is 1.79. The van der Waals surface area contributed by atoms with Crippen LogP contribution >= 0.6 is 0 Å². The van der Waals surface area contributed by atoms with Gasteiger partial charge in [-0.3, -0.25) is 0 Å². The zero-order chi connectivity index (χ0) is 10.8. The summed E-state index contributed by atoms with van der Waals surface area (Å²) >= 11 is 0. The maximum Gasteiger partial charge on any atom is 0.124 e. The summed E-state index contributed by atoms with van der Waals surface area (Å²) < 4.78 is 12.9. The maximum atomic E-state index is 12.9. The summed E-state index contributed by atoms with van der Waals surface area (Å²) in [4.78, 5) is 2.02. The number of nitriles is 1. The van der Waals surface area contributed by atoms with Crippen LogP contribution in [0.25, 0.3) is 0 Å². The van der Waals surface area contributed by atoms with Crippen molar-refractivity contribution < 1.29 is 4.39 Å². The molecule has 3 nitrogen and oxygen atoms in total. The molecule has 1 aromatic rings. The van der Waals surface area contributed by atoms with Crippen LogP contribution in [0.4, 0.5) is 10.1 Å². The number of nitrogens with one attached hydrogen (secondary N) is 1. The molecule has 15 heavy (non-hydrogen) atoms. The lowest BCUT2D eigenvalue weighted by Crippen LogP contribution is -2.56. The van der Waals surface area contributed by atoms with Crippen molar-refractivity contribution in [1.29, 1.82) is 5.26 Å². The van der Waals surface area contributed by atoms with Crippen LogP contribution in [0.15, 0.2) is 18.2 Å². The standard InChI is InChI=1S/C11H12FN3/c1-15(10-6-14-7-10)11-3-2-9(12)4-8(11)5-13/h2-4,10,14H,6-7H2,1H3. The fourth-order valence-electron chi connectivity index (χ4n) is 1.65. The number of nitrogens with zero attached hydrogens (tertiary/aromatic N) is 2. The molecule has 0 aromatic heterocycles. The minimum atomic E-state index is -0.365. The van der Waals surface area contributed by atoms with E-state index in [4.69, 9.17) is 5.26 Å². The van der Waals surface area contributed by atoms with Gasteiger partial charge in [0, 0.05) is 20.1 Å². The van der Waals surface area contributed by atoms with Gasteiger partial charge in [-0.15, -0.1) is 0 Å². The first-order chi connectivity index (χ1) is 7.22. The minimum absolute atomic E-state index is 0.365. The van der Waals surface area contributed by atoms with Gasteiger partial charge < -0.3 is 10.2 Å². The lowest BCUT2D eigenvalue weighted by Gasteiger charge is -2.37. The number of hydrogen-bond acceptors (Lipinski definition) is 3. The van der Waals surface area contributed by atoms with Crippen molar-refractivity contribution in [3.8, 4) is 6.07 Å². The Morgan fingerprint density at radius 2 is 2.27 bits per heavy atom. The Morgan fingerprint density at radius 3 is 2.80 bits per heavy atom. The Morgan fingerprint density at radius 1 is 1.53 bits per heavy atom. The maximum absolute atomic E-state index is 12.9. The third-order valence-electron chi connectivity index (χ3n) is 2.77. The molecule has 0 unspecified atom stereocenters. The van der Waals surface area contributed by atoms with Crippen LogP contribution in [-0.2, 0) is 0 Å². The van der Waals surface area contributed by atoms with Crippen LogP contribution in [0, 0.1) is 17.1 Å². The average molecular weight is 205 g/mol. The minimum Gasteiger partial charge on any atom is -0.368 e. The van der Waals surface area contributed by atoms with Crippen LogP contribution in [-0.4, -0.2) is 26.2 Å². The highest BCUT2D eigenvalue weighted by atomic mass is 19.1. The Bertz CT molecular complexity index is 407. The van der Waals surface area contributed by atoms with Crippen LogP contribution < -0.4 is 10.2 Å². The average Bonchev–Trinajstić information content (AvgIpc) is 2.14. The largest absolute Gasteiger partial charge is 0.368 e. The number of halogens is 1. The number of anilines is 1. The van der Waals surface area contributed by atoms with Gasteiger partial charge in [0.25, 0.3) is 0 Å². The molecule has 0 bridgehead atoms. The van der Waals surface area contributed by atoms with Crippen molar-refractivity contribution in [2.75, 3.05) is 25.0 Å². The van der Waals surface area contributed by atoms with Crippen molar-refractivity contribution in [3.63, 3.8) is 0 Å². The van der Waals surface area contributed by atoms with E-state index < -0.39 is 0 Å². The molecule has 1 fully saturated rings. The molecule has 1 heterocycles. The summed E-state index contributed by atoms with van der Waals surface area (Å²) in [6.45, 7) is 1.83. The molecule has 1 aromatic carbocycles. The normalized spacial score (nSPS) is 15.5. The molecule has 1 aliphatic heterocycles. The molecule has 1 N–H and O–H groups in total. The highest BCUT2D eigenvalue weighted by molar-refractivity contribution is 5.59. The molecule has 78 valence electrons. The number of rotatable bonds is 2. The second-order valence-electron chi connectivity index (χ2n) is 3.70. The van der Waals surface area contributed by atoms with E-state index in [1.165, 1.54) is 12.1 Å². The molecule has 4 heteroatoms. The topological polar surface area (TPSA) is 39.1 Å². The van der Waals surface area contributed by atoms with Gasteiger partial charge in [0.1, 0.15) is 11.9 Å². The number of hydrogen-bond donors (Lipinski definition) is 1. The first-order valence-electron chi connectivity index (χ1n) is 4.85. The summed E-state index contributed by atoms with van der Waals surface area (Å²) in [5.74, 6) is -0.365. The summed E-state index contributed by atoms with van der Waals surface area (Å²) in [6, 6.07) is 6.75. The van der Waals surface area contributed by atoms with E-state index in [2.05, 4.69) is 5.32 Å². The first kappa shape index (κ1) is 9.94. The second kappa shape index (κ2) is 3.87. The molecule has 1 saturated heterocycles. The van der Waals surface area contributed by atoms with Gasteiger partial charge >= 0.3 is 0 Å². The van der Waals surface area contributed by atoms with Crippen molar-refractivity contribution in [1.82, 2.24) is 5.32 Å². The van der Waals surface area contributed by atoms with Gasteiger partial charge in [0.2, 0.25) is 0 Å². The Kier molecular flexibility index (Phi) is 2.57. The van der Waals surface area contributed by atoms with Crippen LogP contribution in [0.1, 0.15) is 5.56 Å². The van der Waals surface area contributed by atoms with E-state index in [1.807, 2.05) is 18.0 Å². The van der Waals surface area contributed by atoms with Crippen molar-refractivity contribution in [3.05, 3.63) is 29.6 Å². The molecule has 0 atom stereocenters. The molecule has 0 aliphatic carbocycles. The molecule has 0 amide bonds. The summed E-state index contributed by atoms with van der Waals surface area (Å²) in [5, 5.41) is 12.1. The summed E-state index contributed by atoms with van der Waals surface area (Å²) in [5.41, 5.74) is 1.19. The predicted octanol–water partition coefficient (Wildman–Crippen LogP) is 1.11. The Labute approximate surface area is 88.1 Å². The van der Waals surface area contributed by atoms with Gasteiger partial charge in [0.15, 0.2) is 0 Å². The zero-order valence-electron chi connectivity index (χ0n) is 8.50. The van der Waals surface area contributed by atoms with Crippen LogP contribution in [0.5, 0.6) is 0 Å². The molecule has 0 radical (unpaired) electrons. The molecule has 2 rings (SSSR count).